The highest BCUT2D eigenvalue weighted by atomic mass is 32.2. The minimum absolute atomic E-state index is 0.0179. The van der Waals surface area contributed by atoms with Crippen molar-refractivity contribution in [1.29, 1.82) is 0 Å². The Hall–Kier alpha value is -2.69. The van der Waals surface area contributed by atoms with E-state index in [9.17, 15) is 17.6 Å². The number of carbonyl (C=O) groups excluding carboxylic acids is 1. The molecule has 7 nitrogen and oxygen atoms in total. The summed E-state index contributed by atoms with van der Waals surface area (Å²) in [5, 5.41) is 3.68. The first kappa shape index (κ1) is 23.0. The Balaban J connectivity index is 1.46. The molecule has 3 rings (SSSR count). The zero-order valence-electron chi connectivity index (χ0n) is 17.2. The van der Waals surface area contributed by atoms with Crippen LogP contribution >= 0.6 is 11.8 Å². The fourth-order valence-corrected chi connectivity index (χ4v) is 4.77. The molecular formula is C21H23FN4O3S2. The number of aromatic nitrogens is 2. The van der Waals surface area contributed by atoms with Gasteiger partial charge in [-0.15, -0.1) is 0 Å². The van der Waals surface area contributed by atoms with Gasteiger partial charge in [0.1, 0.15) is 5.82 Å². The summed E-state index contributed by atoms with van der Waals surface area (Å²) in [6, 6.07) is 12.1. The molecule has 0 aliphatic heterocycles. The van der Waals surface area contributed by atoms with E-state index in [1.807, 2.05) is 42.1 Å². The second-order valence-corrected chi connectivity index (χ2v) is 9.96. The topological polar surface area (TPSA) is 84.3 Å². The quantitative estimate of drug-likeness (QED) is 0.524. The number of aryl methyl sites for hydroxylation is 1. The van der Waals surface area contributed by atoms with Crippen molar-refractivity contribution in [2.45, 2.75) is 27.8 Å². The highest BCUT2D eigenvalue weighted by molar-refractivity contribution is 7.99. The Kier molecular flexibility index (Phi) is 7.47. The lowest BCUT2D eigenvalue weighted by molar-refractivity contribution is -0.116. The van der Waals surface area contributed by atoms with Crippen LogP contribution in [0, 0.1) is 5.82 Å². The van der Waals surface area contributed by atoms with Crippen molar-refractivity contribution >= 4 is 33.4 Å². The highest BCUT2D eigenvalue weighted by Crippen LogP contribution is 2.26. The van der Waals surface area contributed by atoms with Gasteiger partial charge in [0.15, 0.2) is 5.16 Å². The van der Waals surface area contributed by atoms with Crippen LogP contribution in [0.3, 0.4) is 0 Å². The lowest BCUT2D eigenvalue weighted by atomic mass is 10.2. The van der Waals surface area contributed by atoms with E-state index in [1.165, 1.54) is 30.9 Å². The molecule has 0 saturated carbocycles. The third-order valence-electron chi connectivity index (χ3n) is 4.52. The largest absolute Gasteiger partial charge is 0.329 e. The smallest absolute Gasteiger partial charge is 0.242 e. The Morgan fingerprint density at radius 3 is 2.45 bits per heavy atom. The van der Waals surface area contributed by atoms with Gasteiger partial charge in [-0.3, -0.25) is 4.79 Å². The van der Waals surface area contributed by atoms with Crippen molar-refractivity contribution in [1.82, 2.24) is 13.9 Å². The predicted molar refractivity (Wildman–Crippen MR) is 118 cm³/mol. The van der Waals surface area contributed by atoms with E-state index in [0.29, 0.717) is 12.1 Å². The molecule has 31 heavy (non-hydrogen) atoms. The number of halogens is 1. The van der Waals surface area contributed by atoms with Crippen LogP contribution in [0.1, 0.15) is 12.8 Å². The van der Waals surface area contributed by atoms with E-state index in [4.69, 9.17) is 0 Å². The Bertz CT molecular complexity index is 1130. The van der Waals surface area contributed by atoms with E-state index in [1.54, 1.807) is 6.20 Å². The van der Waals surface area contributed by atoms with Gasteiger partial charge in [-0.25, -0.2) is 22.1 Å². The summed E-state index contributed by atoms with van der Waals surface area (Å²) < 4.78 is 41.0. The van der Waals surface area contributed by atoms with Gasteiger partial charge >= 0.3 is 0 Å². The average molecular weight is 463 g/mol. The summed E-state index contributed by atoms with van der Waals surface area (Å²) in [7, 11) is -0.354. The summed E-state index contributed by atoms with van der Waals surface area (Å²) in [5.74, 6) is -0.696. The maximum atomic E-state index is 13.0. The summed E-state index contributed by atoms with van der Waals surface area (Å²) in [5.41, 5.74) is 0.668. The summed E-state index contributed by atoms with van der Waals surface area (Å²) in [4.78, 5) is 17.5. The van der Waals surface area contributed by atoms with Crippen LogP contribution in [-0.2, 0) is 21.9 Å². The van der Waals surface area contributed by atoms with Crippen molar-refractivity contribution < 1.29 is 17.6 Å². The number of amides is 1. The standard InChI is InChI=1S/C21H23FN4O3S2/c1-25-15-13-23-21(25)30-18-9-7-17(8-10-18)24-20(27)4-3-14-26(2)31(28,29)19-11-5-16(22)6-12-19/h5-13,15H,3-4,14H2,1-2H3,(H,24,27). The predicted octanol–water partition coefficient (Wildman–Crippen LogP) is 3.75. The summed E-state index contributed by atoms with van der Waals surface area (Å²) in [6.45, 7) is 0.173. The van der Waals surface area contributed by atoms with Gasteiger partial charge in [0.2, 0.25) is 15.9 Å². The number of anilines is 1. The van der Waals surface area contributed by atoms with Crippen LogP contribution in [0.15, 0.2) is 75.9 Å². The first-order valence-corrected chi connectivity index (χ1v) is 11.8. The number of carbonyl (C=O) groups is 1. The molecule has 0 aliphatic rings. The fourth-order valence-electron chi connectivity index (χ4n) is 2.75. The minimum atomic E-state index is -3.72. The molecule has 3 aromatic rings. The molecule has 0 radical (unpaired) electrons. The van der Waals surface area contributed by atoms with Crippen molar-refractivity contribution in [3.05, 3.63) is 66.7 Å². The van der Waals surface area contributed by atoms with Crippen LogP contribution < -0.4 is 5.32 Å². The van der Waals surface area contributed by atoms with Gasteiger partial charge < -0.3 is 9.88 Å². The molecule has 2 aromatic carbocycles. The highest BCUT2D eigenvalue weighted by Gasteiger charge is 2.20. The molecule has 0 unspecified atom stereocenters. The number of sulfonamides is 1. The molecule has 1 heterocycles. The lowest BCUT2D eigenvalue weighted by Gasteiger charge is -2.17. The van der Waals surface area contributed by atoms with Crippen LogP contribution in [0.5, 0.6) is 0 Å². The molecule has 0 atom stereocenters. The molecule has 10 heteroatoms. The van der Waals surface area contributed by atoms with Crippen molar-refractivity contribution in [3.8, 4) is 0 Å². The molecule has 1 N–H and O–H groups in total. The lowest BCUT2D eigenvalue weighted by Crippen LogP contribution is -2.28. The molecule has 1 amide bonds. The molecule has 0 fully saturated rings. The zero-order valence-corrected chi connectivity index (χ0v) is 18.8. The molecule has 0 aliphatic carbocycles. The van der Waals surface area contributed by atoms with Crippen molar-refractivity contribution in [3.63, 3.8) is 0 Å². The third-order valence-corrected chi connectivity index (χ3v) is 7.48. The van der Waals surface area contributed by atoms with Crippen LogP contribution in [0.25, 0.3) is 0 Å². The molecule has 1 aromatic heterocycles. The average Bonchev–Trinajstić information content (AvgIpc) is 3.14. The number of hydrogen-bond acceptors (Lipinski definition) is 5. The van der Waals surface area contributed by atoms with Gasteiger partial charge in [0.05, 0.1) is 4.90 Å². The number of benzene rings is 2. The van der Waals surface area contributed by atoms with Gasteiger partial charge in [-0.05, 0) is 55.0 Å². The zero-order chi connectivity index (χ0) is 22.4. The fraction of sp³-hybridized carbons (Fsp3) is 0.238. The molecular weight excluding hydrogens is 439 g/mol. The van der Waals surface area contributed by atoms with Crippen LogP contribution in [0.2, 0.25) is 0 Å². The first-order chi connectivity index (χ1) is 14.8. The van der Waals surface area contributed by atoms with Crippen LogP contribution in [-0.4, -0.2) is 41.8 Å². The van der Waals surface area contributed by atoms with Gasteiger partial charge in [0, 0.05) is 50.0 Å². The number of rotatable bonds is 9. The van der Waals surface area contributed by atoms with Crippen LogP contribution in [0.4, 0.5) is 10.1 Å². The Labute approximate surface area is 185 Å². The number of imidazole rings is 1. The monoisotopic (exact) mass is 462 g/mol. The second-order valence-electron chi connectivity index (χ2n) is 6.88. The Morgan fingerprint density at radius 2 is 1.84 bits per heavy atom. The number of nitrogens with zero attached hydrogens (tertiary/aromatic N) is 3. The van der Waals surface area contributed by atoms with Gasteiger partial charge in [-0.2, -0.15) is 0 Å². The summed E-state index contributed by atoms with van der Waals surface area (Å²) in [6.07, 6.45) is 4.14. The number of hydrogen-bond donors (Lipinski definition) is 1. The van der Waals surface area contributed by atoms with E-state index in [2.05, 4.69) is 10.3 Å². The second kappa shape index (κ2) is 10.1. The normalized spacial score (nSPS) is 11.6. The molecule has 0 spiro atoms. The minimum Gasteiger partial charge on any atom is -0.329 e. The van der Waals surface area contributed by atoms with E-state index in [0.717, 1.165) is 26.5 Å². The molecule has 0 saturated heterocycles. The summed E-state index contributed by atoms with van der Waals surface area (Å²) >= 11 is 1.52. The SMILES string of the molecule is CN(CCCC(=O)Nc1ccc(Sc2nccn2C)cc1)S(=O)(=O)c1ccc(F)cc1. The van der Waals surface area contributed by atoms with E-state index < -0.39 is 15.8 Å². The maximum Gasteiger partial charge on any atom is 0.242 e. The molecule has 164 valence electrons. The van der Waals surface area contributed by atoms with Crippen molar-refractivity contribution in [2.75, 3.05) is 18.9 Å². The van der Waals surface area contributed by atoms with E-state index >= 15 is 0 Å². The first-order valence-electron chi connectivity index (χ1n) is 9.53. The van der Waals surface area contributed by atoms with Gasteiger partial charge in [-0.1, -0.05) is 11.8 Å². The van der Waals surface area contributed by atoms with E-state index in [-0.39, 0.29) is 23.8 Å². The maximum absolute atomic E-state index is 13.0. The molecule has 0 bridgehead atoms. The van der Waals surface area contributed by atoms with Gasteiger partial charge in [0.25, 0.3) is 0 Å². The third kappa shape index (κ3) is 6.16. The van der Waals surface area contributed by atoms with Crippen molar-refractivity contribution in [2.24, 2.45) is 7.05 Å². The number of nitrogens with one attached hydrogen (secondary N) is 1. The Morgan fingerprint density at radius 1 is 1.16 bits per heavy atom.